The van der Waals surface area contributed by atoms with E-state index in [0.29, 0.717) is 0 Å². The Hall–Kier alpha value is -0.0800. The molecule has 1 heterocycles. The third-order valence-electron chi connectivity index (χ3n) is 5.64. The van der Waals surface area contributed by atoms with Crippen LogP contribution in [-0.2, 0) is 0 Å². The summed E-state index contributed by atoms with van der Waals surface area (Å²) >= 11 is 0. The highest BCUT2D eigenvalue weighted by molar-refractivity contribution is 4.93. The fourth-order valence-corrected chi connectivity index (χ4v) is 4.67. The Labute approximate surface area is 112 Å². The second-order valence-corrected chi connectivity index (χ2v) is 7.01. The molecule has 0 aromatic rings. The van der Waals surface area contributed by atoms with Crippen molar-refractivity contribution in [3.8, 4) is 0 Å². The lowest BCUT2D eigenvalue weighted by Gasteiger charge is -2.47. The van der Waals surface area contributed by atoms with Crippen LogP contribution in [0.25, 0.3) is 0 Å². The average molecular weight is 251 g/mol. The normalized spacial score (nSPS) is 37.2. The third kappa shape index (κ3) is 2.75. The number of β-amino-alcohol motifs (C(OH)–C–C–N with tert-alkyl or cyclic N) is 1. The van der Waals surface area contributed by atoms with Crippen LogP contribution in [0.4, 0.5) is 0 Å². The van der Waals surface area contributed by atoms with E-state index in [1.807, 2.05) is 0 Å². The summed E-state index contributed by atoms with van der Waals surface area (Å²) in [5.74, 6) is 0.944. The lowest BCUT2D eigenvalue weighted by atomic mass is 9.77. The minimum atomic E-state index is -0.350. The highest BCUT2D eigenvalue weighted by atomic mass is 16.3. The second-order valence-electron chi connectivity index (χ2n) is 7.01. The van der Waals surface area contributed by atoms with Gasteiger partial charge in [0.2, 0.25) is 0 Å². The predicted molar refractivity (Wildman–Crippen MR) is 74.6 cm³/mol. The number of aliphatic hydroxyl groups is 1. The molecule has 18 heavy (non-hydrogen) atoms. The first-order valence-corrected chi connectivity index (χ1v) is 8.23. The average Bonchev–Trinajstić information content (AvgIpc) is 2.40. The molecule has 1 aliphatic heterocycles. The molecule has 0 aromatic heterocycles. The number of hydrogen-bond acceptors (Lipinski definition) is 2. The molecule has 0 unspecified atom stereocenters. The van der Waals surface area contributed by atoms with E-state index in [9.17, 15) is 5.11 Å². The molecule has 0 aromatic carbocycles. The van der Waals surface area contributed by atoms with Gasteiger partial charge in [0, 0.05) is 12.6 Å². The van der Waals surface area contributed by atoms with Crippen molar-refractivity contribution < 1.29 is 5.11 Å². The van der Waals surface area contributed by atoms with E-state index in [0.717, 1.165) is 31.3 Å². The summed E-state index contributed by atoms with van der Waals surface area (Å²) in [7, 11) is 0. The van der Waals surface area contributed by atoms with Crippen molar-refractivity contribution in [2.24, 2.45) is 5.92 Å². The SMILES string of the molecule is OC1(CN2CCC[C@H]3CCCC[C@H]32)CCCCC1. The Balaban J connectivity index is 1.63. The number of hydrogen-bond donors (Lipinski definition) is 1. The zero-order valence-electron chi connectivity index (χ0n) is 11.7. The quantitative estimate of drug-likeness (QED) is 0.813. The Morgan fingerprint density at radius 1 is 0.889 bits per heavy atom. The van der Waals surface area contributed by atoms with Crippen molar-refractivity contribution in [2.75, 3.05) is 13.1 Å². The van der Waals surface area contributed by atoms with Crippen LogP contribution in [0.1, 0.15) is 70.6 Å². The molecule has 2 aliphatic carbocycles. The summed E-state index contributed by atoms with van der Waals surface area (Å²) in [5.41, 5.74) is -0.350. The van der Waals surface area contributed by atoms with Gasteiger partial charge in [-0.1, -0.05) is 32.1 Å². The van der Waals surface area contributed by atoms with E-state index in [4.69, 9.17) is 0 Å². The molecule has 0 bridgehead atoms. The maximum absolute atomic E-state index is 10.8. The fraction of sp³-hybridized carbons (Fsp3) is 1.00. The highest BCUT2D eigenvalue weighted by Crippen LogP contribution is 2.37. The van der Waals surface area contributed by atoms with Crippen LogP contribution in [0.3, 0.4) is 0 Å². The maximum Gasteiger partial charge on any atom is 0.0774 e. The van der Waals surface area contributed by atoms with Crippen LogP contribution in [0, 0.1) is 5.92 Å². The van der Waals surface area contributed by atoms with Gasteiger partial charge in [-0.3, -0.25) is 4.90 Å². The first kappa shape index (κ1) is 12.9. The molecule has 3 rings (SSSR count). The molecule has 3 fully saturated rings. The second kappa shape index (κ2) is 5.50. The van der Waals surface area contributed by atoms with Gasteiger partial charge in [-0.2, -0.15) is 0 Å². The zero-order valence-corrected chi connectivity index (χ0v) is 11.7. The van der Waals surface area contributed by atoms with E-state index in [2.05, 4.69) is 4.90 Å². The Morgan fingerprint density at radius 3 is 2.44 bits per heavy atom. The first-order valence-electron chi connectivity index (χ1n) is 8.23. The van der Waals surface area contributed by atoms with Gasteiger partial charge in [-0.25, -0.2) is 0 Å². The van der Waals surface area contributed by atoms with E-state index in [-0.39, 0.29) is 5.60 Å². The number of rotatable bonds is 2. The van der Waals surface area contributed by atoms with E-state index in [1.165, 1.54) is 64.3 Å². The van der Waals surface area contributed by atoms with Gasteiger partial charge >= 0.3 is 0 Å². The van der Waals surface area contributed by atoms with Crippen molar-refractivity contribution in [3.05, 3.63) is 0 Å². The lowest BCUT2D eigenvalue weighted by molar-refractivity contribution is -0.0568. The van der Waals surface area contributed by atoms with Gasteiger partial charge in [0.1, 0.15) is 0 Å². The van der Waals surface area contributed by atoms with Crippen LogP contribution in [0.5, 0.6) is 0 Å². The largest absolute Gasteiger partial charge is 0.389 e. The molecule has 2 heteroatoms. The van der Waals surface area contributed by atoms with E-state index in [1.54, 1.807) is 0 Å². The molecule has 0 amide bonds. The van der Waals surface area contributed by atoms with Crippen LogP contribution < -0.4 is 0 Å². The molecular weight excluding hydrogens is 222 g/mol. The summed E-state index contributed by atoms with van der Waals surface area (Å²) < 4.78 is 0. The molecule has 2 saturated carbocycles. The minimum absolute atomic E-state index is 0.350. The van der Waals surface area contributed by atoms with Gasteiger partial charge < -0.3 is 5.11 Å². The van der Waals surface area contributed by atoms with Gasteiger partial charge in [-0.15, -0.1) is 0 Å². The summed E-state index contributed by atoms with van der Waals surface area (Å²) in [4.78, 5) is 2.67. The summed E-state index contributed by atoms with van der Waals surface area (Å²) in [5, 5.41) is 10.8. The van der Waals surface area contributed by atoms with Gasteiger partial charge in [-0.05, 0) is 51.0 Å². The van der Waals surface area contributed by atoms with Crippen molar-refractivity contribution in [1.82, 2.24) is 4.90 Å². The van der Waals surface area contributed by atoms with E-state index >= 15 is 0 Å². The Bertz CT molecular complexity index is 270. The molecule has 0 radical (unpaired) electrons. The topological polar surface area (TPSA) is 23.5 Å². The van der Waals surface area contributed by atoms with Gasteiger partial charge in [0.25, 0.3) is 0 Å². The maximum atomic E-state index is 10.8. The van der Waals surface area contributed by atoms with Gasteiger partial charge in [0.05, 0.1) is 5.60 Å². The monoisotopic (exact) mass is 251 g/mol. The number of piperidine rings is 1. The van der Waals surface area contributed by atoms with Crippen LogP contribution in [0.2, 0.25) is 0 Å². The summed E-state index contributed by atoms with van der Waals surface area (Å²) in [6.07, 6.45) is 14.4. The van der Waals surface area contributed by atoms with Gasteiger partial charge in [0.15, 0.2) is 0 Å². The zero-order chi connectivity index (χ0) is 12.4. The highest BCUT2D eigenvalue weighted by Gasteiger charge is 2.38. The van der Waals surface area contributed by atoms with Crippen molar-refractivity contribution in [2.45, 2.75) is 82.3 Å². The number of likely N-dealkylation sites (tertiary alicyclic amines) is 1. The van der Waals surface area contributed by atoms with E-state index < -0.39 is 0 Å². The molecule has 1 N–H and O–H groups in total. The molecule has 2 nitrogen and oxygen atoms in total. The minimum Gasteiger partial charge on any atom is -0.389 e. The molecule has 1 saturated heterocycles. The predicted octanol–water partition coefficient (Wildman–Crippen LogP) is 3.34. The number of fused-ring (bicyclic) bond motifs is 1. The standard InChI is InChI=1S/C16H29NO/c18-16(10-4-1-5-11-16)13-17-12-6-8-14-7-2-3-9-15(14)17/h14-15,18H,1-13H2/t14-,15-/m1/s1. The molecule has 3 aliphatic rings. The first-order chi connectivity index (χ1) is 8.77. The third-order valence-corrected chi connectivity index (χ3v) is 5.64. The van der Waals surface area contributed by atoms with Crippen LogP contribution in [0.15, 0.2) is 0 Å². The van der Waals surface area contributed by atoms with Crippen molar-refractivity contribution in [3.63, 3.8) is 0 Å². The molecule has 0 spiro atoms. The summed E-state index contributed by atoms with van der Waals surface area (Å²) in [6, 6.07) is 0.804. The fourth-order valence-electron chi connectivity index (χ4n) is 4.67. The lowest BCUT2D eigenvalue weighted by Crippen LogP contribution is -2.53. The smallest absolute Gasteiger partial charge is 0.0774 e. The molecule has 104 valence electrons. The Morgan fingerprint density at radius 2 is 1.61 bits per heavy atom. The number of nitrogens with zero attached hydrogens (tertiary/aromatic N) is 1. The van der Waals surface area contributed by atoms with Crippen LogP contribution in [-0.4, -0.2) is 34.7 Å². The molecular formula is C16H29NO. The van der Waals surface area contributed by atoms with Crippen LogP contribution >= 0.6 is 0 Å². The summed E-state index contributed by atoms with van der Waals surface area (Å²) in [6.45, 7) is 2.21. The Kier molecular flexibility index (Phi) is 3.95. The molecule has 2 atom stereocenters. The van der Waals surface area contributed by atoms with Crippen molar-refractivity contribution >= 4 is 0 Å². The van der Waals surface area contributed by atoms with Crippen molar-refractivity contribution in [1.29, 1.82) is 0 Å².